The van der Waals surface area contributed by atoms with Crippen molar-refractivity contribution in [3.8, 4) is 0 Å². The Morgan fingerprint density at radius 2 is 1.04 bits per heavy atom. The van der Waals surface area contributed by atoms with Crippen LogP contribution in [-0.4, -0.2) is 9.97 Å². The molecular weight excluding hydrogens is 292 g/mol. The Bertz CT molecular complexity index is 990. The highest BCUT2D eigenvalue weighted by Gasteiger charge is 1.98. The number of benzene rings is 2. The van der Waals surface area contributed by atoms with Crippen molar-refractivity contribution in [2.45, 2.75) is 13.8 Å². The van der Waals surface area contributed by atoms with Crippen LogP contribution in [0.4, 0.5) is 0 Å². The molecule has 0 bridgehead atoms. The van der Waals surface area contributed by atoms with Crippen LogP contribution in [0.1, 0.15) is 22.5 Å². The molecule has 0 amide bonds. The molecule has 4 aromatic rings. The molecule has 2 nitrogen and oxygen atoms in total. The molecule has 0 fully saturated rings. The first-order valence-corrected chi connectivity index (χ1v) is 8.10. The number of hydrogen-bond acceptors (Lipinski definition) is 2. The van der Waals surface area contributed by atoms with E-state index in [4.69, 9.17) is 0 Å². The number of aryl methyl sites for hydroxylation is 2. The molecule has 0 aliphatic heterocycles. The van der Waals surface area contributed by atoms with Crippen molar-refractivity contribution in [3.05, 3.63) is 83.2 Å². The SMILES string of the molecule is Cc1ccc2cc(/C=C/c3ccc4nc(C)ccc4c3)ccc2n1. The van der Waals surface area contributed by atoms with Gasteiger partial charge in [-0.15, -0.1) is 0 Å². The molecule has 24 heavy (non-hydrogen) atoms. The van der Waals surface area contributed by atoms with E-state index in [1.54, 1.807) is 0 Å². The number of nitrogens with zero attached hydrogens (tertiary/aromatic N) is 2. The maximum absolute atomic E-state index is 4.55. The molecule has 2 aromatic carbocycles. The molecule has 2 heterocycles. The van der Waals surface area contributed by atoms with Crippen LogP contribution in [0.2, 0.25) is 0 Å². The van der Waals surface area contributed by atoms with Gasteiger partial charge in [0.25, 0.3) is 0 Å². The van der Waals surface area contributed by atoms with Crippen molar-refractivity contribution in [2.24, 2.45) is 0 Å². The lowest BCUT2D eigenvalue weighted by molar-refractivity contribution is 1.25. The molecule has 0 atom stereocenters. The summed E-state index contributed by atoms with van der Waals surface area (Å²) in [5.41, 5.74) is 6.53. The fraction of sp³-hybridized carbons (Fsp3) is 0.0909. The molecule has 116 valence electrons. The molecule has 0 saturated carbocycles. The van der Waals surface area contributed by atoms with E-state index in [0.29, 0.717) is 0 Å². The predicted molar refractivity (Wildman–Crippen MR) is 102 cm³/mol. The van der Waals surface area contributed by atoms with E-state index in [0.717, 1.165) is 22.4 Å². The van der Waals surface area contributed by atoms with Crippen LogP contribution in [-0.2, 0) is 0 Å². The Morgan fingerprint density at radius 3 is 1.50 bits per heavy atom. The van der Waals surface area contributed by atoms with Gasteiger partial charge in [0, 0.05) is 22.2 Å². The van der Waals surface area contributed by atoms with Gasteiger partial charge >= 0.3 is 0 Å². The monoisotopic (exact) mass is 310 g/mol. The van der Waals surface area contributed by atoms with Gasteiger partial charge in [0.15, 0.2) is 0 Å². The topological polar surface area (TPSA) is 25.8 Å². The van der Waals surface area contributed by atoms with E-state index in [1.807, 2.05) is 26.0 Å². The van der Waals surface area contributed by atoms with Gasteiger partial charge in [-0.1, -0.05) is 36.4 Å². The average molecular weight is 310 g/mol. The number of pyridine rings is 2. The number of fused-ring (bicyclic) bond motifs is 2. The lowest BCUT2D eigenvalue weighted by Gasteiger charge is -2.02. The first kappa shape index (κ1) is 14.6. The van der Waals surface area contributed by atoms with Crippen molar-refractivity contribution in [2.75, 3.05) is 0 Å². The van der Waals surface area contributed by atoms with Gasteiger partial charge < -0.3 is 0 Å². The van der Waals surface area contributed by atoms with Gasteiger partial charge in [0.05, 0.1) is 11.0 Å². The number of hydrogen-bond donors (Lipinski definition) is 0. The summed E-state index contributed by atoms with van der Waals surface area (Å²) in [5, 5.41) is 2.34. The van der Waals surface area contributed by atoms with Gasteiger partial charge in [0.1, 0.15) is 0 Å². The summed E-state index contributed by atoms with van der Waals surface area (Å²) < 4.78 is 0. The maximum atomic E-state index is 4.55. The Kier molecular flexibility index (Phi) is 3.58. The molecule has 0 aliphatic carbocycles. The Balaban J connectivity index is 1.66. The van der Waals surface area contributed by atoms with E-state index >= 15 is 0 Å². The lowest BCUT2D eigenvalue weighted by Crippen LogP contribution is -1.84. The van der Waals surface area contributed by atoms with Gasteiger partial charge in [-0.2, -0.15) is 0 Å². The summed E-state index contributed by atoms with van der Waals surface area (Å²) in [7, 11) is 0. The maximum Gasteiger partial charge on any atom is 0.0705 e. The third-order valence-corrected chi connectivity index (χ3v) is 4.17. The molecule has 2 aromatic heterocycles. The zero-order chi connectivity index (χ0) is 16.5. The largest absolute Gasteiger partial charge is 0.253 e. The summed E-state index contributed by atoms with van der Waals surface area (Å²) in [6, 6.07) is 21.1. The zero-order valence-corrected chi connectivity index (χ0v) is 13.8. The molecule has 0 radical (unpaired) electrons. The van der Waals surface area contributed by atoms with Gasteiger partial charge in [-0.25, -0.2) is 0 Å². The minimum atomic E-state index is 1.04. The lowest BCUT2D eigenvalue weighted by atomic mass is 10.1. The van der Waals surface area contributed by atoms with Crippen LogP contribution in [0.25, 0.3) is 34.0 Å². The summed E-state index contributed by atoms with van der Waals surface area (Å²) in [4.78, 5) is 9.09. The molecule has 0 N–H and O–H groups in total. The van der Waals surface area contributed by atoms with Crippen molar-refractivity contribution in [1.82, 2.24) is 9.97 Å². The second-order valence-corrected chi connectivity index (χ2v) is 6.14. The third-order valence-electron chi connectivity index (χ3n) is 4.17. The summed E-state index contributed by atoms with van der Waals surface area (Å²) in [6.45, 7) is 4.03. The highest BCUT2D eigenvalue weighted by Crippen LogP contribution is 2.19. The van der Waals surface area contributed by atoms with Crippen LogP contribution in [0.15, 0.2) is 60.7 Å². The number of rotatable bonds is 2. The van der Waals surface area contributed by atoms with Crippen molar-refractivity contribution >= 4 is 34.0 Å². The minimum absolute atomic E-state index is 1.04. The van der Waals surface area contributed by atoms with Crippen LogP contribution in [0.3, 0.4) is 0 Å². The van der Waals surface area contributed by atoms with Crippen molar-refractivity contribution in [3.63, 3.8) is 0 Å². The Hall–Kier alpha value is -3.00. The van der Waals surface area contributed by atoms with Gasteiger partial charge in [0.2, 0.25) is 0 Å². The van der Waals surface area contributed by atoms with Crippen LogP contribution in [0, 0.1) is 13.8 Å². The van der Waals surface area contributed by atoms with E-state index in [1.165, 1.54) is 21.9 Å². The molecule has 0 spiro atoms. The first-order chi connectivity index (χ1) is 11.7. The van der Waals surface area contributed by atoms with Gasteiger partial charge in [-0.3, -0.25) is 9.97 Å². The second kappa shape index (κ2) is 5.89. The van der Waals surface area contributed by atoms with E-state index in [2.05, 4.69) is 70.7 Å². The first-order valence-electron chi connectivity index (χ1n) is 8.10. The molecular formula is C22H18N2. The normalized spacial score (nSPS) is 11.6. The summed E-state index contributed by atoms with van der Waals surface area (Å²) in [5.74, 6) is 0. The van der Waals surface area contributed by atoms with Crippen LogP contribution < -0.4 is 0 Å². The third kappa shape index (κ3) is 2.91. The predicted octanol–water partition coefficient (Wildman–Crippen LogP) is 5.57. The zero-order valence-electron chi connectivity index (χ0n) is 13.8. The smallest absolute Gasteiger partial charge is 0.0705 e. The fourth-order valence-electron chi connectivity index (χ4n) is 2.89. The van der Waals surface area contributed by atoms with Crippen LogP contribution >= 0.6 is 0 Å². The number of aromatic nitrogens is 2. The quantitative estimate of drug-likeness (QED) is 0.452. The standard InChI is InChI=1S/C22H18N2/c1-15-3-9-19-13-17(7-11-21(19)23-15)5-6-18-8-12-22-20(14-18)10-4-16(2)24-22/h3-14H,1-2H3/b6-5+. The fourth-order valence-corrected chi connectivity index (χ4v) is 2.89. The summed E-state index contributed by atoms with van der Waals surface area (Å²) >= 11 is 0. The highest BCUT2D eigenvalue weighted by atomic mass is 14.7. The van der Waals surface area contributed by atoms with E-state index < -0.39 is 0 Å². The van der Waals surface area contributed by atoms with Crippen molar-refractivity contribution in [1.29, 1.82) is 0 Å². The molecule has 2 heteroatoms. The molecule has 0 unspecified atom stereocenters. The second-order valence-electron chi connectivity index (χ2n) is 6.14. The van der Waals surface area contributed by atoms with E-state index in [9.17, 15) is 0 Å². The summed E-state index contributed by atoms with van der Waals surface area (Å²) in [6.07, 6.45) is 4.28. The van der Waals surface area contributed by atoms with Crippen molar-refractivity contribution < 1.29 is 0 Å². The molecule has 0 saturated heterocycles. The average Bonchev–Trinajstić information content (AvgIpc) is 2.60. The highest BCUT2D eigenvalue weighted by molar-refractivity contribution is 5.85. The minimum Gasteiger partial charge on any atom is -0.253 e. The Labute approximate surface area is 141 Å². The van der Waals surface area contributed by atoms with Crippen LogP contribution in [0.5, 0.6) is 0 Å². The molecule has 4 rings (SSSR count). The molecule has 0 aliphatic rings. The van der Waals surface area contributed by atoms with E-state index in [-0.39, 0.29) is 0 Å². The van der Waals surface area contributed by atoms with Gasteiger partial charge in [-0.05, 0) is 61.4 Å². The Morgan fingerprint density at radius 1 is 0.583 bits per heavy atom.